The number of nitrogens with zero attached hydrogens (tertiary/aromatic N) is 4. The smallest absolute Gasteiger partial charge is 0.227 e. The standard InChI is InChI=1S/C19H24N4O3/c1-22(2)17-11-18(21-13-20-17)26-16-8-9-23(12-16)19(24)10-14-4-6-15(25-3)7-5-14/h4-7,11,13,16H,8-10,12H2,1-3H3/t16-/m0/s1. The van der Waals surface area contributed by atoms with Gasteiger partial charge in [-0.1, -0.05) is 12.1 Å². The van der Waals surface area contributed by atoms with Gasteiger partial charge >= 0.3 is 0 Å². The van der Waals surface area contributed by atoms with Gasteiger partial charge in [0.05, 0.1) is 20.1 Å². The fourth-order valence-electron chi connectivity index (χ4n) is 2.89. The van der Waals surface area contributed by atoms with Gasteiger partial charge in [0.2, 0.25) is 11.8 Å². The number of hydrogen-bond donors (Lipinski definition) is 0. The van der Waals surface area contributed by atoms with Crippen LogP contribution in [-0.2, 0) is 11.2 Å². The summed E-state index contributed by atoms with van der Waals surface area (Å²) in [5.41, 5.74) is 0.978. The normalized spacial score (nSPS) is 16.4. The molecule has 3 rings (SSSR count). The van der Waals surface area contributed by atoms with Crippen LogP contribution in [0, 0.1) is 0 Å². The average Bonchev–Trinajstić information content (AvgIpc) is 3.11. The first-order valence-corrected chi connectivity index (χ1v) is 8.62. The second-order valence-corrected chi connectivity index (χ2v) is 6.50. The van der Waals surface area contributed by atoms with Crippen LogP contribution in [0.4, 0.5) is 5.82 Å². The zero-order valence-electron chi connectivity index (χ0n) is 15.4. The lowest BCUT2D eigenvalue weighted by atomic mass is 10.1. The molecule has 1 saturated heterocycles. The predicted octanol–water partition coefficient (Wildman–Crippen LogP) is 1.77. The fraction of sp³-hybridized carbons (Fsp3) is 0.421. The van der Waals surface area contributed by atoms with Crippen molar-refractivity contribution in [1.29, 1.82) is 0 Å². The first kappa shape index (κ1) is 18.0. The van der Waals surface area contributed by atoms with E-state index in [1.165, 1.54) is 6.33 Å². The predicted molar refractivity (Wildman–Crippen MR) is 98.7 cm³/mol. The molecule has 1 aliphatic rings. The highest BCUT2D eigenvalue weighted by Crippen LogP contribution is 2.20. The summed E-state index contributed by atoms with van der Waals surface area (Å²) >= 11 is 0. The van der Waals surface area contributed by atoms with Gasteiger partial charge in [-0.2, -0.15) is 0 Å². The largest absolute Gasteiger partial charge is 0.497 e. The molecule has 1 fully saturated rings. The number of hydrogen-bond acceptors (Lipinski definition) is 6. The third-order valence-corrected chi connectivity index (χ3v) is 4.39. The number of likely N-dealkylation sites (tertiary alicyclic amines) is 1. The molecule has 0 aliphatic carbocycles. The van der Waals surface area contributed by atoms with Crippen molar-refractivity contribution < 1.29 is 14.3 Å². The second-order valence-electron chi connectivity index (χ2n) is 6.50. The van der Waals surface area contributed by atoms with Crippen LogP contribution in [-0.4, -0.2) is 61.2 Å². The van der Waals surface area contributed by atoms with Crippen LogP contribution < -0.4 is 14.4 Å². The topological polar surface area (TPSA) is 67.8 Å². The van der Waals surface area contributed by atoms with Gasteiger partial charge < -0.3 is 19.3 Å². The number of aromatic nitrogens is 2. The Morgan fingerprint density at radius 2 is 2.04 bits per heavy atom. The zero-order valence-corrected chi connectivity index (χ0v) is 15.4. The Kier molecular flexibility index (Phi) is 5.55. The van der Waals surface area contributed by atoms with Crippen molar-refractivity contribution in [3.8, 4) is 11.6 Å². The van der Waals surface area contributed by atoms with Crippen LogP contribution in [0.3, 0.4) is 0 Å². The Balaban J connectivity index is 1.54. The summed E-state index contributed by atoms with van der Waals surface area (Å²) in [6, 6.07) is 9.39. The molecule has 1 aliphatic heterocycles. The molecule has 2 heterocycles. The van der Waals surface area contributed by atoms with Gasteiger partial charge in [0.1, 0.15) is 24.0 Å². The Morgan fingerprint density at radius 1 is 1.27 bits per heavy atom. The van der Waals surface area contributed by atoms with Gasteiger partial charge in [0.25, 0.3) is 0 Å². The Bertz CT molecular complexity index is 749. The molecule has 138 valence electrons. The van der Waals surface area contributed by atoms with Gasteiger partial charge in [-0.3, -0.25) is 4.79 Å². The van der Waals surface area contributed by atoms with Gasteiger partial charge in [-0.25, -0.2) is 9.97 Å². The SMILES string of the molecule is COc1ccc(CC(=O)N2CC[C@H](Oc3cc(N(C)C)ncn3)C2)cc1. The van der Waals surface area contributed by atoms with Crippen molar-refractivity contribution in [2.75, 3.05) is 39.2 Å². The monoisotopic (exact) mass is 356 g/mol. The highest BCUT2D eigenvalue weighted by atomic mass is 16.5. The Labute approximate surface area is 153 Å². The summed E-state index contributed by atoms with van der Waals surface area (Å²) in [4.78, 5) is 24.6. The van der Waals surface area contributed by atoms with Gasteiger partial charge in [0.15, 0.2) is 0 Å². The van der Waals surface area contributed by atoms with Crippen LogP contribution in [0.2, 0.25) is 0 Å². The first-order valence-electron chi connectivity index (χ1n) is 8.62. The van der Waals surface area contributed by atoms with Crippen molar-refractivity contribution >= 4 is 11.7 Å². The molecule has 0 radical (unpaired) electrons. The van der Waals surface area contributed by atoms with E-state index in [4.69, 9.17) is 9.47 Å². The van der Waals surface area contributed by atoms with E-state index < -0.39 is 0 Å². The second kappa shape index (κ2) is 8.03. The number of benzene rings is 1. The van der Waals surface area contributed by atoms with Crippen molar-refractivity contribution in [1.82, 2.24) is 14.9 Å². The number of rotatable bonds is 6. The maximum Gasteiger partial charge on any atom is 0.227 e. The highest BCUT2D eigenvalue weighted by molar-refractivity contribution is 5.79. The maximum absolute atomic E-state index is 12.5. The Hall–Kier alpha value is -2.83. The first-order chi connectivity index (χ1) is 12.5. The lowest BCUT2D eigenvalue weighted by Crippen LogP contribution is -2.32. The zero-order chi connectivity index (χ0) is 18.5. The molecule has 0 unspecified atom stereocenters. The molecule has 1 aromatic carbocycles. The third-order valence-electron chi connectivity index (χ3n) is 4.39. The van der Waals surface area contributed by atoms with Crippen molar-refractivity contribution in [3.63, 3.8) is 0 Å². The van der Waals surface area contributed by atoms with Crippen LogP contribution in [0.1, 0.15) is 12.0 Å². The summed E-state index contributed by atoms with van der Waals surface area (Å²) in [6.45, 7) is 1.28. The number of ether oxygens (including phenoxy) is 2. The van der Waals surface area contributed by atoms with E-state index in [0.717, 1.165) is 23.6 Å². The summed E-state index contributed by atoms with van der Waals surface area (Å²) in [6.07, 6.45) is 2.64. The van der Waals surface area contributed by atoms with E-state index in [1.54, 1.807) is 7.11 Å². The lowest BCUT2D eigenvalue weighted by molar-refractivity contribution is -0.129. The average molecular weight is 356 g/mol. The molecule has 1 amide bonds. The highest BCUT2D eigenvalue weighted by Gasteiger charge is 2.28. The van der Waals surface area contributed by atoms with E-state index >= 15 is 0 Å². The van der Waals surface area contributed by atoms with Crippen molar-refractivity contribution in [2.24, 2.45) is 0 Å². The molecule has 1 aromatic heterocycles. The lowest BCUT2D eigenvalue weighted by Gasteiger charge is -2.18. The summed E-state index contributed by atoms with van der Waals surface area (Å²) in [5.74, 6) is 2.23. The molecule has 26 heavy (non-hydrogen) atoms. The summed E-state index contributed by atoms with van der Waals surface area (Å²) < 4.78 is 11.1. The molecule has 1 atom stereocenters. The molecule has 0 saturated carbocycles. The minimum absolute atomic E-state index is 0.0419. The molecular formula is C19H24N4O3. The molecule has 2 aromatic rings. The molecule has 0 spiro atoms. The number of amides is 1. The van der Waals surface area contributed by atoms with Crippen LogP contribution in [0.5, 0.6) is 11.6 Å². The van der Waals surface area contributed by atoms with E-state index in [2.05, 4.69) is 9.97 Å². The molecule has 0 bridgehead atoms. The Morgan fingerprint density at radius 3 is 2.73 bits per heavy atom. The van der Waals surface area contributed by atoms with Gasteiger partial charge in [0, 0.05) is 33.1 Å². The quantitative estimate of drug-likeness (QED) is 0.786. The minimum atomic E-state index is -0.0419. The number of carbonyl (C=O) groups is 1. The number of carbonyl (C=O) groups excluding carboxylic acids is 1. The molecule has 7 heteroatoms. The molecular weight excluding hydrogens is 332 g/mol. The number of methoxy groups -OCH3 is 1. The van der Waals surface area contributed by atoms with Gasteiger partial charge in [-0.05, 0) is 17.7 Å². The summed E-state index contributed by atoms with van der Waals surface area (Å²) in [7, 11) is 5.46. The fourth-order valence-corrected chi connectivity index (χ4v) is 2.89. The maximum atomic E-state index is 12.5. The van der Waals surface area contributed by atoms with E-state index in [1.807, 2.05) is 54.2 Å². The van der Waals surface area contributed by atoms with E-state index in [0.29, 0.717) is 25.4 Å². The van der Waals surface area contributed by atoms with Crippen molar-refractivity contribution in [2.45, 2.75) is 18.9 Å². The van der Waals surface area contributed by atoms with Crippen molar-refractivity contribution in [3.05, 3.63) is 42.2 Å². The van der Waals surface area contributed by atoms with Crippen LogP contribution in [0.25, 0.3) is 0 Å². The van der Waals surface area contributed by atoms with E-state index in [9.17, 15) is 4.79 Å². The van der Waals surface area contributed by atoms with Gasteiger partial charge in [-0.15, -0.1) is 0 Å². The summed E-state index contributed by atoms with van der Waals surface area (Å²) in [5, 5.41) is 0. The third kappa shape index (κ3) is 4.41. The molecule has 7 nitrogen and oxygen atoms in total. The van der Waals surface area contributed by atoms with Crippen LogP contribution in [0.15, 0.2) is 36.7 Å². The van der Waals surface area contributed by atoms with E-state index in [-0.39, 0.29) is 12.0 Å². The minimum Gasteiger partial charge on any atom is -0.497 e. The number of anilines is 1. The molecule has 0 N–H and O–H groups in total. The van der Waals surface area contributed by atoms with Crippen LogP contribution >= 0.6 is 0 Å².